The van der Waals surface area contributed by atoms with Crippen molar-refractivity contribution in [3.05, 3.63) is 188 Å². The first kappa shape index (κ1) is 30.7. The van der Waals surface area contributed by atoms with Crippen LogP contribution >= 0.6 is 11.3 Å². The van der Waals surface area contributed by atoms with Gasteiger partial charge in [0.25, 0.3) is 0 Å². The average molecular weight is 706 g/mol. The first-order chi connectivity index (χ1) is 26.8. The Bertz CT molecular complexity index is 3230. The maximum Gasteiger partial charge on any atom is 0.235 e. The number of hydrogen-bond donors (Lipinski definition) is 0. The second-order valence-electron chi connectivity index (χ2n) is 13.8. The highest BCUT2D eigenvalue weighted by Crippen LogP contribution is 2.42. The molecule has 3 heterocycles. The van der Waals surface area contributed by atoms with Crippen molar-refractivity contribution in [2.45, 2.75) is 0 Å². The van der Waals surface area contributed by atoms with Gasteiger partial charge in [-0.05, 0) is 58.1 Å². The Labute approximate surface area is 316 Å². The third kappa shape index (κ3) is 4.88. The third-order valence-electron chi connectivity index (χ3n) is 10.6. The molecule has 0 saturated heterocycles. The molecule has 54 heavy (non-hydrogen) atoms. The van der Waals surface area contributed by atoms with Gasteiger partial charge in [0.05, 0.1) is 22.2 Å². The van der Waals surface area contributed by atoms with Crippen LogP contribution in [0.25, 0.3) is 103 Å². The van der Waals surface area contributed by atoms with E-state index in [0.717, 1.165) is 44.3 Å². The summed E-state index contributed by atoms with van der Waals surface area (Å²) < 4.78 is 4.91. The fourth-order valence-electron chi connectivity index (χ4n) is 8.15. The van der Waals surface area contributed by atoms with Crippen molar-refractivity contribution in [3.8, 4) is 50.6 Å². The molecule has 0 spiro atoms. The second kappa shape index (κ2) is 12.4. The van der Waals surface area contributed by atoms with E-state index in [9.17, 15) is 0 Å². The third-order valence-corrected chi connectivity index (χ3v) is 11.8. The molecular formula is C50H31N3S. The van der Waals surface area contributed by atoms with E-state index < -0.39 is 0 Å². The first-order valence-electron chi connectivity index (χ1n) is 18.2. The van der Waals surface area contributed by atoms with Gasteiger partial charge in [-0.1, -0.05) is 158 Å². The molecule has 0 fully saturated rings. The van der Waals surface area contributed by atoms with Gasteiger partial charge in [-0.25, -0.2) is 9.97 Å². The smallest absolute Gasteiger partial charge is 0.235 e. The topological polar surface area (TPSA) is 30.7 Å². The monoisotopic (exact) mass is 705 g/mol. The zero-order valence-corrected chi connectivity index (χ0v) is 30.0. The van der Waals surface area contributed by atoms with Crippen LogP contribution in [0.4, 0.5) is 0 Å². The van der Waals surface area contributed by atoms with Crippen LogP contribution in [0, 0.1) is 0 Å². The number of rotatable bonds is 5. The summed E-state index contributed by atoms with van der Waals surface area (Å²) in [5.74, 6) is 0.658. The maximum atomic E-state index is 5.34. The molecule has 0 saturated carbocycles. The Morgan fingerprint density at radius 1 is 0.389 bits per heavy atom. The van der Waals surface area contributed by atoms with Crippen LogP contribution in [0.2, 0.25) is 0 Å². The van der Waals surface area contributed by atoms with Crippen molar-refractivity contribution >= 4 is 64.2 Å². The average Bonchev–Trinajstić information content (AvgIpc) is 3.80. The molecular weight excluding hydrogens is 675 g/mol. The standard InChI is InChI=1S/C50H31N3S/c1-2-14-32(15-3-1)47-43-22-4-7-27-44(43)51-50(52-47)53-45-28-8-5-20-39(45)41-25-12-23-37(48(41)53)35-18-10-16-33(30-35)34-17-11-19-36(31-34)38-24-13-26-42-40-21-6-9-29-46(40)54-49(38)42/h1-31H. The van der Waals surface area contributed by atoms with Crippen molar-refractivity contribution < 1.29 is 0 Å². The molecule has 0 aliphatic rings. The summed E-state index contributed by atoms with van der Waals surface area (Å²) in [6, 6.07) is 67.3. The molecule has 0 aliphatic carbocycles. The normalized spacial score (nSPS) is 11.7. The number of thiophene rings is 1. The molecule has 11 rings (SSSR count). The van der Waals surface area contributed by atoms with E-state index in [-0.39, 0.29) is 0 Å². The fourth-order valence-corrected chi connectivity index (χ4v) is 9.39. The number of nitrogens with zero attached hydrogens (tertiary/aromatic N) is 3. The highest BCUT2D eigenvalue weighted by atomic mass is 32.1. The Hall–Kier alpha value is -6.88. The minimum Gasteiger partial charge on any atom is -0.277 e. The van der Waals surface area contributed by atoms with Crippen molar-refractivity contribution in [1.82, 2.24) is 14.5 Å². The molecule has 0 amide bonds. The van der Waals surface area contributed by atoms with E-state index in [2.05, 4.69) is 187 Å². The van der Waals surface area contributed by atoms with Crippen LogP contribution in [-0.4, -0.2) is 14.5 Å². The second-order valence-corrected chi connectivity index (χ2v) is 14.8. The molecule has 0 unspecified atom stereocenters. The number of para-hydroxylation sites is 3. The van der Waals surface area contributed by atoms with Gasteiger partial charge in [0.1, 0.15) is 0 Å². The van der Waals surface area contributed by atoms with Crippen LogP contribution in [0.5, 0.6) is 0 Å². The molecule has 0 N–H and O–H groups in total. The molecule has 8 aromatic carbocycles. The molecule has 4 heteroatoms. The lowest BCUT2D eigenvalue weighted by Gasteiger charge is -2.14. The molecule has 0 radical (unpaired) electrons. The summed E-state index contributed by atoms with van der Waals surface area (Å²) in [6.07, 6.45) is 0. The predicted octanol–water partition coefficient (Wildman–Crippen LogP) is 13.8. The van der Waals surface area contributed by atoms with E-state index in [1.807, 2.05) is 17.4 Å². The summed E-state index contributed by atoms with van der Waals surface area (Å²) in [4.78, 5) is 10.6. The van der Waals surface area contributed by atoms with Crippen molar-refractivity contribution in [1.29, 1.82) is 0 Å². The van der Waals surface area contributed by atoms with Gasteiger partial charge in [0.2, 0.25) is 5.95 Å². The Morgan fingerprint density at radius 2 is 0.963 bits per heavy atom. The van der Waals surface area contributed by atoms with E-state index >= 15 is 0 Å². The lowest BCUT2D eigenvalue weighted by Crippen LogP contribution is -2.04. The quantitative estimate of drug-likeness (QED) is 0.178. The van der Waals surface area contributed by atoms with Gasteiger partial charge in [-0.2, -0.15) is 0 Å². The molecule has 0 aliphatic heterocycles. The van der Waals surface area contributed by atoms with Crippen LogP contribution in [0.3, 0.4) is 0 Å². The lowest BCUT2D eigenvalue weighted by atomic mass is 9.95. The Balaban J connectivity index is 1.09. The number of hydrogen-bond acceptors (Lipinski definition) is 3. The zero-order chi connectivity index (χ0) is 35.6. The molecule has 3 aromatic heterocycles. The van der Waals surface area contributed by atoms with Gasteiger partial charge in [0, 0.05) is 47.5 Å². The molecule has 252 valence electrons. The number of fused-ring (bicyclic) bond motifs is 7. The minimum absolute atomic E-state index is 0.658. The Morgan fingerprint density at radius 3 is 1.78 bits per heavy atom. The zero-order valence-electron chi connectivity index (χ0n) is 29.1. The predicted molar refractivity (Wildman–Crippen MR) is 229 cm³/mol. The van der Waals surface area contributed by atoms with Crippen LogP contribution in [-0.2, 0) is 0 Å². The SMILES string of the molecule is c1ccc(-c2nc(-n3c4ccccc4c4cccc(-c5cccc(-c6cccc(-c7cccc8c7sc7ccccc78)c6)c5)c43)nc3ccccc23)cc1. The van der Waals surface area contributed by atoms with Crippen molar-refractivity contribution in [2.24, 2.45) is 0 Å². The van der Waals surface area contributed by atoms with Crippen LogP contribution in [0.1, 0.15) is 0 Å². The van der Waals surface area contributed by atoms with Crippen LogP contribution in [0.15, 0.2) is 188 Å². The van der Waals surface area contributed by atoms with Gasteiger partial charge >= 0.3 is 0 Å². The summed E-state index contributed by atoms with van der Waals surface area (Å²) in [5.41, 5.74) is 12.2. The number of aromatic nitrogens is 3. The fraction of sp³-hybridized carbons (Fsp3) is 0. The summed E-state index contributed by atoms with van der Waals surface area (Å²) >= 11 is 1.87. The van der Waals surface area contributed by atoms with Gasteiger partial charge in [0.15, 0.2) is 0 Å². The molecule has 0 bridgehead atoms. The van der Waals surface area contributed by atoms with E-state index in [1.54, 1.807) is 0 Å². The van der Waals surface area contributed by atoms with Gasteiger partial charge in [-0.15, -0.1) is 11.3 Å². The molecule has 3 nitrogen and oxygen atoms in total. The van der Waals surface area contributed by atoms with Crippen molar-refractivity contribution in [2.75, 3.05) is 0 Å². The highest BCUT2D eigenvalue weighted by molar-refractivity contribution is 7.26. The largest absolute Gasteiger partial charge is 0.277 e. The highest BCUT2D eigenvalue weighted by Gasteiger charge is 2.20. The van der Waals surface area contributed by atoms with Gasteiger partial charge < -0.3 is 0 Å². The molecule has 11 aromatic rings. The van der Waals surface area contributed by atoms with E-state index in [0.29, 0.717) is 5.95 Å². The Kier molecular flexibility index (Phi) is 7.04. The summed E-state index contributed by atoms with van der Waals surface area (Å²) in [5, 5.41) is 6.01. The number of benzene rings is 8. The lowest BCUT2D eigenvalue weighted by molar-refractivity contribution is 1.01. The maximum absolute atomic E-state index is 5.34. The van der Waals surface area contributed by atoms with E-state index in [1.165, 1.54) is 53.2 Å². The summed E-state index contributed by atoms with van der Waals surface area (Å²) in [6.45, 7) is 0. The summed E-state index contributed by atoms with van der Waals surface area (Å²) in [7, 11) is 0. The van der Waals surface area contributed by atoms with Crippen molar-refractivity contribution in [3.63, 3.8) is 0 Å². The minimum atomic E-state index is 0.658. The molecule has 0 atom stereocenters. The van der Waals surface area contributed by atoms with Crippen LogP contribution < -0.4 is 0 Å². The van der Waals surface area contributed by atoms with Gasteiger partial charge in [-0.3, -0.25) is 4.57 Å². The van der Waals surface area contributed by atoms with E-state index in [4.69, 9.17) is 9.97 Å². The first-order valence-corrected chi connectivity index (χ1v) is 19.1.